The zero-order valence-corrected chi connectivity index (χ0v) is 8.27. The zero-order valence-electron chi connectivity index (χ0n) is 8.27. The number of hydrogen-bond acceptors (Lipinski definition) is 5. The fourth-order valence-electron chi connectivity index (χ4n) is 1.79. The number of anilines is 1. The summed E-state index contributed by atoms with van der Waals surface area (Å²) in [6, 6.07) is 2.02. The molecule has 0 aromatic carbocycles. The summed E-state index contributed by atoms with van der Waals surface area (Å²) in [7, 11) is 0. The van der Waals surface area contributed by atoms with Crippen molar-refractivity contribution in [2.24, 2.45) is 0 Å². The second-order valence-electron chi connectivity index (χ2n) is 3.61. The van der Waals surface area contributed by atoms with Crippen molar-refractivity contribution in [3.05, 3.63) is 12.3 Å². The largest absolute Gasteiger partial charge is 0.353 e. The summed E-state index contributed by atoms with van der Waals surface area (Å²) in [5.74, 6) is 0.936. The molecule has 6 nitrogen and oxygen atoms in total. The van der Waals surface area contributed by atoms with Crippen molar-refractivity contribution in [1.82, 2.24) is 25.7 Å². The number of aromatic amines is 1. The second-order valence-corrected chi connectivity index (χ2v) is 3.61. The van der Waals surface area contributed by atoms with E-state index in [-0.39, 0.29) is 0 Å². The number of aromatic nitrogens is 4. The van der Waals surface area contributed by atoms with Crippen molar-refractivity contribution < 1.29 is 0 Å². The molecule has 2 aromatic rings. The molecule has 1 aliphatic heterocycles. The van der Waals surface area contributed by atoms with Crippen LogP contribution in [-0.4, -0.2) is 46.6 Å². The molecular weight excluding hydrogens is 192 g/mol. The first-order chi connectivity index (χ1) is 7.43. The van der Waals surface area contributed by atoms with E-state index in [1.807, 2.05) is 6.07 Å². The van der Waals surface area contributed by atoms with Crippen LogP contribution in [0, 0.1) is 0 Å². The maximum absolute atomic E-state index is 4.18. The fourth-order valence-corrected chi connectivity index (χ4v) is 1.79. The van der Waals surface area contributed by atoms with Gasteiger partial charge in [0, 0.05) is 31.6 Å². The summed E-state index contributed by atoms with van der Waals surface area (Å²) < 4.78 is 0. The quantitative estimate of drug-likeness (QED) is 0.671. The van der Waals surface area contributed by atoms with Crippen molar-refractivity contribution in [2.45, 2.75) is 0 Å². The van der Waals surface area contributed by atoms with Gasteiger partial charge >= 0.3 is 0 Å². The lowest BCUT2D eigenvalue weighted by molar-refractivity contribution is 0.583. The molecule has 3 heterocycles. The summed E-state index contributed by atoms with van der Waals surface area (Å²) in [5, 5.41) is 19.3. The van der Waals surface area contributed by atoms with Crippen molar-refractivity contribution in [2.75, 3.05) is 31.1 Å². The SMILES string of the molecule is c1n[nH]c2nnc(N3CCNCC3)cc12. The van der Waals surface area contributed by atoms with Gasteiger partial charge in [-0.15, -0.1) is 10.2 Å². The van der Waals surface area contributed by atoms with Gasteiger partial charge in [0.05, 0.1) is 6.20 Å². The summed E-state index contributed by atoms with van der Waals surface area (Å²) in [6.45, 7) is 3.98. The highest BCUT2D eigenvalue weighted by atomic mass is 15.3. The number of hydrogen-bond donors (Lipinski definition) is 2. The first-order valence-corrected chi connectivity index (χ1v) is 5.06. The molecule has 15 heavy (non-hydrogen) atoms. The number of H-pyrrole nitrogens is 1. The maximum Gasteiger partial charge on any atom is 0.177 e. The zero-order chi connectivity index (χ0) is 10.1. The number of nitrogens with one attached hydrogen (secondary N) is 2. The molecule has 1 fully saturated rings. The lowest BCUT2D eigenvalue weighted by atomic mass is 10.3. The highest BCUT2D eigenvalue weighted by molar-refractivity contribution is 5.75. The van der Waals surface area contributed by atoms with Gasteiger partial charge in [0.25, 0.3) is 0 Å². The average molecular weight is 204 g/mol. The molecule has 2 aromatic heterocycles. The third kappa shape index (κ3) is 1.52. The van der Waals surface area contributed by atoms with E-state index in [1.54, 1.807) is 6.20 Å². The standard InChI is InChI=1S/C9H12N6/c1-3-15(4-2-10-1)8-5-7-6-11-13-9(7)14-12-8/h5-6,10H,1-4H2,(H,11,13,14). The van der Waals surface area contributed by atoms with E-state index in [1.165, 1.54) is 0 Å². The Morgan fingerprint density at radius 1 is 1.20 bits per heavy atom. The predicted molar refractivity (Wildman–Crippen MR) is 56.8 cm³/mol. The van der Waals surface area contributed by atoms with Gasteiger partial charge in [-0.25, -0.2) is 0 Å². The molecule has 3 rings (SSSR count). The Bertz CT molecular complexity index is 458. The molecule has 6 heteroatoms. The normalized spacial score (nSPS) is 17.2. The minimum Gasteiger partial charge on any atom is -0.353 e. The van der Waals surface area contributed by atoms with Crippen LogP contribution in [0.1, 0.15) is 0 Å². The highest BCUT2D eigenvalue weighted by Crippen LogP contribution is 2.15. The molecule has 1 saturated heterocycles. The Labute approximate surface area is 86.7 Å². The van der Waals surface area contributed by atoms with E-state index >= 15 is 0 Å². The molecule has 2 N–H and O–H groups in total. The van der Waals surface area contributed by atoms with Gasteiger partial charge in [-0.3, -0.25) is 5.10 Å². The van der Waals surface area contributed by atoms with Gasteiger partial charge in [-0.05, 0) is 6.07 Å². The van der Waals surface area contributed by atoms with E-state index in [9.17, 15) is 0 Å². The first-order valence-electron chi connectivity index (χ1n) is 5.06. The van der Waals surface area contributed by atoms with Gasteiger partial charge in [-0.2, -0.15) is 5.10 Å². The van der Waals surface area contributed by atoms with E-state index in [0.717, 1.165) is 43.0 Å². The molecule has 0 spiro atoms. The van der Waals surface area contributed by atoms with Gasteiger partial charge in [0.2, 0.25) is 0 Å². The topological polar surface area (TPSA) is 69.7 Å². The monoisotopic (exact) mass is 204 g/mol. The maximum atomic E-state index is 4.18. The van der Waals surface area contributed by atoms with Gasteiger partial charge in [0.1, 0.15) is 0 Å². The van der Waals surface area contributed by atoms with Crippen LogP contribution in [0.3, 0.4) is 0 Å². The lowest BCUT2D eigenvalue weighted by Gasteiger charge is -2.27. The molecule has 78 valence electrons. The van der Waals surface area contributed by atoms with E-state index in [2.05, 4.69) is 30.6 Å². The average Bonchev–Trinajstić information content (AvgIpc) is 2.77. The summed E-state index contributed by atoms with van der Waals surface area (Å²) in [4.78, 5) is 2.23. The summed E-state index contributed by atoms with van der Waals surface area (Å²) in [5.41, 5.74) is 0.744. The second kappa shape index (κ2) is 3.47. The molecule has 0 unspecified atom stereocenters. The molecule has 1 aliphatic rings. The van der Waals surface area contributed by atoms with Crippen LogP contribution in [-0.2, 0) is 0 Å². The third-order valence-electron chi connectivity index (χ3n) is 2.63. The number of nitrogens with zero attached hydrogens (tertiary/aromatic N) is 4. The van der Waals surface area contributed by atoms with E-state index in [0.29, 0.717) is 0 Å². The van der Waals surface area contributed by atoms with Gasteiger partial charge in [0.15, 0.2) is 11.5 Å². The van der Waals surface area contributed by atoms with Crippen LogP contribution < -0.4 is 10.2 Å². The summed E-state index contributed by atoms with van der Waals surface area (Å²) >= 11 is 0. The Balaban J connectivity index is 1.95. The van der Waals surface area contributed by atoms with Gasteiger partial charge in [-0.1, -0.05) is 0 Å². The molecule has 0 amide bonds. The van der Waals surface area contributed by atoms with Crippen molar-refractivity contribution in [3.63, 3.8) is 0 Å². The highest BCUT2D eigenvalue weighted by Gasteiger charge is 2.12. The predicted octanol–water partition coefficient (Wildman–Crippen LogP) is -0.237. The molecule has 0 bridgehead atoms. The minimum atomic E-state index is 0.744. The van der Waals surface area contributed by atoms with Crippen molar-refractivity contribution in [1.29, 1.82) is 0 Å². The summed E-state index contributed by atoms with van der Waals surface area (Å²) in [6.07, 6.45) is 1.77. The number of piperazine rings is 1. The van der Waals surface area contributed by atoms with Crippen LogP contribution in [0.15, 0.2) is 12.3 Å². The Morgan fingerprint density at radius 2 is 2.07 bits per heavy atom. The van der Waals surface area contributed by atoms with E-state index < -0.39 is 0 Å². The van der Waals surface area contributed by atoms with E-state index in [4.69, 9.17) is 0 Å². The minimum absolute atomic E-state index is 0.744. The van der Waals surface area contributed by atoms with Gasteiger partial charge < -0.3 is 10.2 Å². The molecule has 0 atom stereocenters. The fraction of sp³-hybridized carbons (Fsp3) is 0.444. The van der Waals surface area contributed by atoms with Crippen molar-refractivity contribution >= 4 is 16.9 Å². The Morgan fingerprint density at radius 3 is 2.93 bits per heavy atom. The molecule has 0 saturated carbocycles. The molecular formula is C9H12N6. The Kier molecular flexibility index (Phi) is 1.99. The number of fused-ring (bicyclic) bond motifs is 1. The third-order valence-corrected chi connectivity index (χ3v) is 2.63. The van der Waals surface area contributed by atoms with Crippen LogP contribution in [0.4, 0.5) is 5.82 Å². The molecule has 0 radical (unpaired) electrons. The first kappa shape index (κ1) is 8.60. The Hall–Kier alpha value is -1.69. The van der Waals surface area contributed by atoms with Crippen LogP contribution in [0.25, 0.3) is 11.0 Å². The molecule has 0 aliphatic carbocycles. The van der Waals surface area contributed by atoms with Crippen molar-refractivity contribution in [3.8, 4) is 0 Å². The van der Waals surface area contributed by atoms with Crippen LogP contribution in [0.2, 0.25) is 0 Å². The van der Waals surface area contributed by atoms with Crippen LogP contribution >= 0.6 is 0 Å². The van der Waals surface area contributed by atoms with Crippen LogP contribution in [0.5, 0.6) is 0 Å². The lowest BCUT2D eigenvalue weighted by Crippen LogP contribution is -2.43. The smallest absolute Gasteiger partial charge is 0.177 e. The number of rotatable bonds is 1.